The van der Waals surface area contributed by atoms with E-state index in [0.29, 0.717) is 5.56 Å². The van der Waals surface area contributed by atoms with Crippen molar-refractivity contribution in [2.75, 3.05) is 28.2 Å². The fraction of sp³-hybridized carbons (Fsp3) is 0.308. The lowest BCUT2D eigenvalue weighted by Gasteiger charge is -2.29. The molecule has 0 bridgehead atoms. The fourth-order valence-corrected chi connectivity index (χ4v) is 3.23. The van der Waals surface area contributed by atoms with Gasteiger partial charge in [0.05, 0.1) is 0 Å². The van der Waals surface area contributed by atoms with Crippen molar-refractivity contribution < 1.29 is 13.8 Å². The van der Waals surface area contributed by atoms with Crippen molar-refractivity contribution in [3.05, 3.63) is 36.2 Å². The van der Waals surface area contributed by atoms with Gasteiger partial charge in [-0.2, -0.15) is 0 Å². The molecule has 0 aliphatic carbocycles. The summed E-state index contributed by atoms with van der Waals surface area (Å²) in [6.45, 7) is 0. The molecule has 0 radical (unpaired) electrons. The van der Waals surface area contributed by atoms with Gasteiger partial charge in [0.25, 0.3) is 0 Å². The number of carbonyl (C=O) groups excluding carboxylic acids is 1. The third-order valence-corrected chi connectivity index (χ3v) is 5.63. The highest BCUT2D eigenvalue weighted by Crippen LogP contribution is 2.44. The zero-order valence-corrected chi connectivity index (χ0v) is 13.7. The quantitative estimate of drug-likeness (QED) is 0.837. The van der Waals surface area contributed by atoms with E-state index in [1.807, 2.05) is 18.2 Å². The van der Waals surface area contributed by atoms with Crippen molar-refractivity contribution in [3.63, 3.8) is 0 Å². The summed E-state index contributed by atoms with van der Waals surface area (Å²) in [7, 11) is 3.25. The van der Waals surface area contributed by atoms with Gasteiger partial charge >= 0.3 is 19.4 Å². The van der Waals surface area contributed by atoms with Crippen LogP contribution in [-0.4, -0.2) is 53.6 Å². The Morgan fingerprint density at radius 3 is 2.23 bits per heavy atom. The number of hydrogen-bond donors (Lipinski definition) is 1. The van der Waals surface area contributed by atoms with Gasteiger partial charge in [-0.05, 0) is 40.3 Å². The molecule has 0 atom stereocenters. The highest BCUT2D eigenvalue weighted by Gasteiger charge is 2.32. The lowest BCUT2D eigenvalue weighted by atomic mass is 10.2. The van der Waals surface area contributed by atoms with Gasteiger partial charge in [0.1, 0.15) is 0 Å². The smallest absolute Gasteiger partial charge is 0.316 e. The summed E-state index contributed by atoms with van der Waals surface area (Å²) in [4.78, 5) is 12.2. The second-order valence-electron chi connectivity index (χ2n) is 4.96. The molecule has 0 aliphatic rings. The van der Waals surface area contributed by atoms with Gasteiger partial charge < -0.3 is 4.42 Å². The van der Waals surface area contributed by atoms with Gasteiger partial charge in [0.15, 0.2) is 0 Å². The Morgan fingerprint density at radius 1 is 1.09 bits per heavy atom. The van der Waals surface area contributed by atoms with E-state index < -0.39 is 13.5 Å². The largest absolute Gasteiger partial charge is 0.412 e. The van der Waals surface area contributed by atoms with Gasteiger partial charge in [0, 0.05) is 5.56 Å². The first kappa shape index (κ1) is 16.4. The van der Waals surface area contributed by atoms with Gasteiger partial charge in [-0.1, -0.05) is 18.2 Å². The standard InChI is InChI=1S/C13H18N5O3P/c1-17(2)22(20,18(3)4)16-11(19)13-15-14-12(21-13)10-8-6-5-7-9-10/h5-9H,1-4H3,(H,16,19,20). The predicted octanol–water partition coefficient (Wildman–Crippen LogP) is 1.70. The Kier molecular flexibility index (Phi) is 4.75. The van der Waals surface area contributed by atoms with Gasteiger partial charge in [-0.25, -0.2) is 9.34 Å². The first-order valence-corrected chi connectivity index (χ1v) is 8.13. The summed E-state index contributed by atoms with van der Waals surface area (Å²) in [6, 6.07) is 9.09. The van der Waals surface area contributed by atoms with Crippen molar-refractivity contribution in [2.45, 2.75) is 0 Å². The van der Waals surface area contributed by atoms with Crippen LogP contribution in [0.4, 0.5) is 0 Å². The average Bonchev–Trinajstić information content (AvgIpc) is 2.97. The van der Waals surface area contributed by atoms with Crippen molar-refractivity contribution in [3.8, 4) is 11.5 Å². The highest BCUT2D eigenvalue weighted by atomic mass is 31.2. The predicted molar refractivity (Wildman–Crippen MR) is 82.2 cm³/mol. The summed E-state index contributed by atoms with van der Waals surface area (Å²) in [6.07, 6.45) is 0. The van der Waals surface area contributed by atoms with Crippen LogP contribution in [0.1, 0.15) is 10.7 Å². The Hall–Kier alpha value is -2.02. The van der Waals surface area contributed by atoms with Crippen molar-refractivity contribution in [2.24, 2.45) is 0 Å². The molecule has 118 valence electrons. The molecular weight excluding hydrogens is 305 g/mol. The van der Waals surface area contributed by atoms with E-state index in [9.17, 15) is 9.36 Å². The van der Waals surface area contributed by atoms with E-state index in [1.165, 1.54) is 9.34 Å². The monoisotopic (exact) mass is 323 g/mol. The van der Waals surface area contributed by atoms with E-state index in [4.69, 9.17) is 4.42 Å². The summed E-state index contributed by atoms with van der Waals surface area (Å²) >= 11 is 0. The van der Waals surface area contributed by atoms with E-state index >= 15 is 0 Å². The summed E-state index contributed by atoms with van der Waals surface area (Å²) in [5.41, 5.74) is 0.706. The normalized spacial score (nSPS) is 11.9. The van der Waals surface area contributed by atoms with Crippen LogP contribution < -0.4 is 5.09 Å². The van der Waals surface area contributed by atoms with Crippen LogP contribution in [0.5, 0.6) is 0 Å². The molecule has 9 heteroatoms. The summed E-state index contributed by atoms with van der Waals surface area (Å²) in [5, 5.41) is 9.99. The Balaban J connectivity index is 2.21. The fourth-order valence-electron chi connectivity index (χ4n) is 1.75. The van der Waals surface area contributed by atoms with E-state index in [1.54, 1.807) is 40.3 Å². The van der Waals surface area contributed by atoms with Gasteiger partial charge in [-0.15, -0.1) is 10.2 Å². The molecule has 0 unspecified atom stereocenters. The topological polar surface area (TPSA) is 91.6 Å². The third kappa shape index (κ3) is 3.24. The maximum Gasteiger partial charge on any atom is 0.316 e. The van der Waals surface area contributed by atoms with Crippen LogP contribution in [-0.2, 0) is 4.57 Å². The van der Waals surface area contributed by atoms with Crippen molar-refractivity contribution in [1.82, 2.24) is 24.6 Å². The maximum atomic E-state index is 12.7. The molecule has 0 spiro atoms. The van der Waals surface area contributed by atoms with Gasteiger partial charge in [-0.3, -0.25) is 14.4 Å². The highest BCUT2D eigenvalue weighted by molar-refractivity contribution is 7.57. The second-order valence-corrected chi connectivity index (χ2v) is 7.87. The molecule has 8 nitrogen and oxygen atoms in total. The molecule has 1 aromatic heterocycles. The number of hydrogen-bond acceptors (Lipinski definition) is 5. The molecule has 0 aliphatic heterocycles. The number of nitrogens with zero attached hydrogens (tertiary/aromatic N) is 4. The third-order valence-electron chi connectivity index (χ3n) is 2.97. The van der Waals surface area contributed by atoms with Crippen LogP contribution >= 0.6 is 7.59 Å². The second kappa shape index (κ2) is 6.39. The average molecular weight is 323 g/mol. The Bertz CT molecular complexity index is 687. The molecule has 1 amide bonds. The van der Waals surface area contributed by atoms with E-state index in [-0.39, 0.29) is 11.8 Å². The molecule has 2 rings (SSSR count). The SMILES string of the molecule is CN(C)P(=O)(NC(=O)c1nnc(-c2ccccc2)o1)N(C)C. The molecule has 1 aromatic carbocycles. The Morgan fingerprint density at radius 2 is 1.68 bits per heavy atom. The maximum absolute atomic E-state index is 12.7. The van der Waals surface area contributed by atoms with Crippen molar-refractivity contribution >= 4 is 13.5 Å². The van der Waals surface area contributed by atoms with Crippen LogP contribution in [0.3, 0.4) is 0 Å². The molecule has 22 heavy (non-hydrogen) atoms. The number of rotatable bonds is 5. The molecule has 0 saturated carbocycles. The zero-order chi connectivity index (χ0) is 16.3. The van der Waals surface area contributed by atoms with Crippen LogP contribution in [0.25, 0.3) is 11.5 Å². The molecule has 1 heterocycles. The minimum Gasteiger partial charge on any atom is -0.412 e. The summed E-state index contributed by atoms with van der Waals surface area (Å²) in [5.74, 6) is -0.682. The minimum absolute atomic E-state index is 0.232. The van der Waals surface area contributed by atoms with Crippen LogP contribution in [0, 0.1) is 0 Å². The minimum atomic E-state index is -3.21. The van der Waals surface area contributed by atoms with Crippen LogP contribution in [0.15, 0.2) is 34.7 Å². The summed E-state index contributed by atoms with van der Waals surface area (Å²) < 4.78 is 20.9. The number of amides is 1. The number of aromatic nitrogens is 2. The lowest BCUT2D eigenvalue weighted by molar-refractivity contribution is 0.0942. The molecule has 1 N–H and O–H groups in total. The Labute approximate surface area is 128 Å². The zero-order valence-electron chi connectivity index (χ0n) is 12.8. The first-order valence-electron chi connectivity index (χ1n) is 6.52. The first-order chi connectivity index (χ1) is 10.3. The number of benzene rings is 1. The van der Waals surface area contributed by atoms with E-state index in [2.05, 4.69) is 15.3 Å². The number of carbonyl (C=O) groups is 1. The number of nitrogens with one attached hydrogen (secondary N) is 1. The molecular formula is C13H18N5O3P. The van der Waals surface area contributed by atoms with Crippen LogP contribution in [0.2, 0.25) is 0 Å². The van der Waals surface area contributed by atoms with Crippen molar-refractivity contribution in [1.29, 1.82) is 0 Å². The van der Waals surface area contributed by atoms with E-state index in [0.717, 1.165) is 0 Å². The molecule has 2 aromatic rings. The molecule has 0 saturated heterocycles. The lowest BCUT2D eigenvalue weighted by Crippen LogP contribution is -2.34. The molecule has 0 fully saturated rings. The van der Waals surface area contributed by atoms with Gasteiger partial charge in [0.2, 0.25) is 5.89 Å².